The molecule has 1 N–H and O–H groups in total. The Balaban J connectivity index is 2.75. The van der Waals surface area contributed by atoms with E-state index in [1.54, 1.807) is 0 Å². The highest BCUT2D eigenvalue weighted by molar-refractivity contribution is 6.69. The first-order valence-electron chi connectivity index (χ1n) is 7.25. The Labute approximate surface area is 129 Å². The van der Waals surface area contributed by atoms with Crippen LogP contribution in [0.2, 0.25) is 19.6 Å². The minimum atomic E-state index is -1.64. The van der Waals surface area contributed by atoms with Crippen molar-refractivity contribution in [3.63, 3.8) is 0 Å². The molecule has 4 nitrogen and oxygen atoms in total. The van der Waals surface area contributed by atoms with Gasteiger partial charge in [0.05, 0.1) is 12.6 Å². The van der Waals surface area contributed by atoms with Crippen molar-refractivity contribution in [3.8, 4) is 0 Å². The van der Waals surface area contributed by atoms with Gasteiger partial charge in [0.15, 0.2) is 8.32 Å². The Kier molecular flexibility index (Phi) is 5.98. The lowest BCUT2D eigenvalue weighted by Gasteiger charge is -2.26. The van der Waals surface area contributed by atoms with E-state index in [1.165, 1.54) is 0 Å². The second kappa shape index (κ2) is 7.09. The van der Waals surface area contributed by atoms with Gasteiger partial charge in [-0.3, -0.25) is 0 Å². The van der Waals surface area contributed by atoms with Gasteiger partial charge < -0.3 is 14.5 Å². The van der Waals surface area contributed by atoms with Crippen molar-refractivity contribution in [2.45, 2.75) is 52.1 Å². The number of hydrogen-bond donors (Lipinski definition) is 1. The van der Waals surface area contributed by atoms with Gasteiger partial charge in [0.1, 0.15) is 5.60 Å². The summed E-state index contributed by atoms with van der Waals surface area (Å²) in [5.74, 6) is 0. The molecule has 118 valence electrons. The van der Waals surface area contributed by atoms with Crippen LogP contribution >= 0.6 is 0 Å². The smallest absolute Gasteiger partial charge is 0.408 e. The number of carbonyl (C=O) groups is 1. The Bertz CT molecular complexity index is 449. The fourth-order valence-electron chi connectivity index (χ4n) is 1.69. The lowest BCUT2D eigenvalue weighted by molar-refractivity contribution is 0.0485. The Morgan fingerprint density at radius 3 is 2.24 bits per heavy atom. The van der Waals surface area contributed by atoms with E-state index in [2.05, 4.69) is 25.0 Å². The molecule has 0 heterocycles. The number of alkyl carbamates (subject to hydrolysis) is 1. The summed E-state index contributed by atoms with van der Waals surface area (Å²) < 4.78 is 11.3. The molecule has 1 atom stereocenters. The molecule has 0 aliphatic carbocycles. The number of nitrogens with one attached hydrogen (secondary N) is 1. The van der Waals surface area contributed by atoms with E-state index >= 15 is 0 Å². The molecule has 0 fully saturated rings. The lowest BCUT2D eigenvalue weighted by atomic mass is 10.1. The van der Waals surface area contributed by atoms with Crippen LogP contribution in [0.15, 0.2) is 30.3 Å². The molecule has 1 aromatic carbocycles. The SMILES string of the molecule is CC(C)(C)OC(=O)N[C@@H](CO[Si](C)(C)C)c1ccccc1. The van der Waals surface area contributed by atoms with Crippen LogP contribution in [0.4, 0.5) is 4.79 Å². The molecule has 0 bridgehead atoms. The summed E-state index contributed by atoms with van der Waals surface area (Å²) in [4.78, 5) is 12.0. The summed E-state index contributed by atoms with van der Waals surface area (Å²) in [5.41, 5.74) is 0.506. The summed E-state index contributed by atoms with van der Waals surface area (Å²) in [7, 11) is -1.64. The molecule has 1 amide bonds. The molecule has 21 heavy (non-hydrogen) atoms. The van der Waals surface area contributed by atoms with Crippen molar-refractivity contribution < 1.29 is 14.0 Å². The summed E-state index contributed by atoms with van der Waals surface area (Å²) in [6.45, 7) is 12.4. The number of carbonyl (C=O) groups excluding carboxylic acids is 1. The first kappa shape index (κ1) is 17.7. The van der Waals surface area contributed by atoms with Crippen molar-refractivity contribution in [3.05, 3.63) is 35.9 Å². The number of rotatable bonds is 5. The van der Waals surface area contributed by atoms with E-state index in [-0.39, 0.29) is 6.04 Å². The van der Waals surface area contributed by atoms with Crippen LogP contribution in [0.3, 0.4) is 0 Å². The maximum absolute atomic E-state index is 12.0. The van der Waals surface area contributed by atoms with Gasteiger partial charge in [-0.1, -0.05) is 30.3 Å². The molecule has 0 radical (unpaired) electrons. The van der Waals surface area contributed by atoms with E-state index in [1.807, 2.05) is 51.1 Å². The molecule has 0 unspecified atom stereocenters. The second-order valence-electron chi connectivity index (χ2n) is 7.03. The van der Waals surface area contributed by atoms with Gasteiger partial charge >= 0.3 is 6.09 Å². The molecule has 0 aliphatic rings. The fourth-order valence-corrected chi connectivity index (χ4v) is 2.36. The highest BCUT2D eigenvalue weighted by Crippen LogP contribution is 2.17. The van der Waals surface area contributed by atoms with Gasteiger partial charge in [-0.25, -0.2) is 4.79 Å². The van der Waals surface area contributed by atoms with E-state index < -0.39 is 20.0 Å². The van der Waals surface area contributed by atoms with Gasteiger partial charge in [0.2, 0.25) is 0 Å². The molecule has 0 saturated carbocycles. The standard InChI is InChI=1S/C16H27NO3Si/c1-16(2,3)20-15(18)17-14(12-19-21(4,5)6)13-10-8-7-9-11-13/h7-11,14H,12H2,1-6H3,(H,17,18)/t14-/m0/s1. The summed E-state index contributed by atoms with van der Waals surface area (Å²) in [5, 5.41) is 2.90. The van der Waals surface area contributed by atoms with Crippen molar-refractivity contribution in [2.24, 2.45) is 0 Å². The topological polar surface area (TPSA) is 47.6 Å². The van der Waals surface area contributed by atoms with E-state index in [0.29, 0.717) is 6.61 Å². The van der Waals surface area contributed by atoms with Gasteiger partial charge in [0, 0.05) is 0 Å². The Morgan fingerprint density at radius 1 is 1.19 bits per heavy atom. The lowest BCUT2D eigenvalue weighted by Crippen LogP contribution is -2.38. The molecule has 0 aliphatic heterocycles. The molecule has 0 aromatic heterocycles. The van der Waals surface area contributed by atoms with Crippen LogP contribution in [0, 0.1) is 0 Å². The van der Waals surface area contributed by atoms with Crippen LogP contribution in [0.1, 0.15) is 32.4 Å². The van der Waals surface area contributed by atoms with Crippen molar-refractivity contribution in [1.82, 2.24) is 5.32 Å². The summed E-state index contributed by atoms with van der Waals surface area (Å²) in [6.07, 6.45) is -0.421. The molecule has 0 saturated heterocycles. The largest absolute Gasteiger partial charge is 0.444 e. The summed E-state index contributed by atoms with van der Waals surface area (Å²) in [6, 6.07) is 9.62. The highest BCUT2D eigenvalue weighted by Gasteiger charge is 2.23. The van der Waals surface area contributed by atoms with Crippen molar-refractivity contribution >= 4 is 14.4 Å². The van der Waals surface area contributed by atoms with Gasteiger partial charge in [-0.15, -0.1) is 0 Å². The van der Waals surface area contributed by atoms with Gasteiger partial charge in [0.25, 0.3) is 0 Å². The molecule has 1 rings (SSSR count). The zero-order chi connectivity index (χ0) is 16.1. The van der Waals surface area contributed by atoms with Crippen LogP contribution in [-0.2, 0) is 9.16 Å². The van der Waals surface area contributed by atoms with Crippen LogP contribution < -0.4 is 5.32 Å². The van der Waals surface area contributed by atoms with Crippen LogP contribution in [0.5, 0.6) is 0 Å². The Hall–Kier alpha value is -1.33. The number of ether oxygens (including phenoxy) is 1. The highest BCUT2D eigenvalue weighted by atomic mass is 28.4. The minimum absolute atomic E-state index is 0.201. The predicted molar refractivity (Wildman–Crippen MR) is 87.9 cm³/mol. The fraction of sp³-hybridized carbons (Fsp3) is 0.562. The number of benzene rings is 1. The van der Waals surface area contributed by atoms with Crippen molar-refractivity contribution in [2.75, 3.05) is 6.61 Å². The van der Waals surface area contributed by atoms with Crippen LogP contribution in [0.25, 0.3) is 0 Å². The van der Waals surface area contributed by atoms with Crippen molar-refractivity contribution in [1.29, 1.82) is 0 Å². The third-order valence-electron chi connectivity index (χ3n) is 2.58. The van der Waals surface area contributed by atoms with Gasteiger partial charge in [-0.2, -0.15) is 0 Å². The number of hydrogen-bond acceptors (Lipinski definition) is 3. The minimum Gasteiger partial charge on any atom is -0.444 e. The van der Waals surface area contributed by atoms with E-state index in [9.17, 15) is 4.79 Å². The van der Waals surface area contributed by atoms with E-state index in [4.69, 9.17) is 9.16 Å². The zero-order valence-corrected chi connectivity index (χ0v) is 14.9. The quantitative estimate of drug-likeness (QED) is 0.833. The second-order valence-corrected chi connectivity index (χ2v) is 11.5. The third kappa shape index (κ3) is 7.87. The Morgan fingerprint density at radius 2 is 1.76 bits per heavy atom. The molecule has 1 aromatic rings. The third-order valence-corrected chi connectivity index (χ3v) is 3.61. The molecular formula is C16H27NO3Si. The monoisotopic (exact) mass is 309 g/mol. The van der Waals surface area contributed by atoms with E-state index in [0.717, 1.165) is 5.56 Å². The maximum Gasteiger partial charge on any atom is 0.408 e. The molecule has 5 heteroatoms. The van der Waals surface area contributed by atoms with Crippen LogP contribution in [-0.4, -0.2) is 26.6 Å². The normalized spacial score (nSPS) is 13.6. The maximum atomic E-state index is 12.0. The van der Waals surface area contributed by atoms with Gasteiger partial charge in [-0.05, 0) is 46.0 Å². The zero-order valence-electron chi connectivity index (χ0n) is 13.9. The summed E-state index contributed by atoms with van der Waals surface area (Å²) >= 11 is 0. The number of amides is 1. The molecular weight excluding hydrogens is 282 g/mol. The average Bonchev–Trinajstić information content (AvgIpc) is 2.32. The molecule has 0 spiro atoms. The predicted octanol–water partition coefficient (Wildman–Crippen LogP) is 4.10. The first-order valence-corrected chi connectivity index (χ1v) is 10.7. The first-order chi connectivity index (χ1) is 9.57. The average molecular weight is 309 g/mol.